The summed E-state index contributed by atoms with van der Waals surface area (Å²) in [5.41, 5.74) is -15.8. The second kappa shape index (κ2) is 32.7. The first-order chi connectivity index (χ1) is 56.9. The van der Waals surface area contributed by atoms with Gasteiger partial charge in [-0.3, -0.25) is 19.2 Å². The number of likely N-dealkylation sites (N-methyl/N-ethyl adjacent to an activating group) is 2. The van der Waals surface area contributed by atoms with Gasteiger partial charge >= 0.3 is 12.4 Å². The van der Waals surface area contributed by atoms with Crippen LogP contribution in [-0.2, 0) is 85.1 Å². The van der Waals surface area contributed by atoms with Crippen molar-refractivity contribution < 1.29 is 84.5 Å². The molecule has 0 saturated carbocycles. The molecule has 12 nitrogen and oxygen atoms in total. The standard InChI is InChI=1S/C37H40F4N4O2S.C36H38F4N4O2S/c1-4-43(5-2)19-20-44(22-26-9-13-28(14-10-26)29-15-18-32(25(3)21-29)37(39,40)41)34(46)23-45-33-8-6-7-31(33)35(47)42-36(45)48-24-27-11-16-30(38)17-12-27;1-3-42(4-2)20-21-43(22-25-8-12-27(13-9-25)28-14-16-29(17-15-28)36(38,39)40)33(45)23-44-32-7-5-6-31(32)34(46)41-35(44)47-24-26-10-18-30(37)19-11-26/h9-18,21H,4-8,19-20,22-24H2,1-3H3;8-19H,3-7,20-24H2,1-2H3/i6D2,7D2,8D2,9D,10D,13D,14D,15D,18D,19D2,20D2,21D,24D2;10D,11D,18D,19D,20D2,21D2,24D2. The summed E-state index contributed by atoms with van der Waals surface area (Å²) in [7, 11) is 0. The number of alkyl halides is 6. The zero-order valence-electron chi connectivity index (χ0n) is 80.3. The summed E-state index contributed by atoms with van der Waals surface area (Å²) in [6, 6.07) is 1.77. The van der Waals surface area contributed by atoms with Gasteiger partial charge in [0, 0.05) is 92.2 Å². The quantitative estimate of drug-likeness (QED) is 0.0295. The highest BCUT2D eigenvalue weighted by Gasteiger charge is 2.33. The maximum Gasteiger partial charge on any atom is 0.416 e. The van der Waals surface area contributed by atoms with Crippen molar-refractivity contribution in [2.45, 2.75) is 133 Å². The van der Waals surface area contributed by atoms with Crippen LogP contribution in [0.15, 0.2) is 159 Å². The van der Waals surface area contributed by atoms with Crippen LogP contribution in [0.2, 0.25) is 0 Å². The van der Waals surface area contributed by atoms with Gasteiger partial charge in [-0.15, -0.1) is 0 Å². The van der Waals surface area contributed by atoms with Crippen LogP contribution in [-0.4, -0.2) is 103 Å². The molecule has 0 bridgehead atoms. The highest BCUT2D eigenvalue weighted by atomic mass is 32.2. The molecule has 2 aliphatic carbocycles. The van der Waals surface area contributed by atoms with Gasteiger partial charge < -0.3 is 28.7 Å². The first-order valence-electron chi connectivity index (χ1n) is 43.7. The number of amides is 2. The van der Waals surface area contributed by atoms with E-state index in [9.17, 15) is 57.0 Å². The van der Waals surface area contributed by atoms with Gasteiger partial charge in [-0.2, -0.15) is 36.3 Å². The molecular weight excluding hydrogens is 1270 g/mol. The number of hydrogen-bond donors (Lipinski definition) is 0. The highest BCUT2D eigenvalue weighted by Crippen LogP contribution is 2.36. The number of halogens is 8. The normalized spacial score (nSPS) is 19.8. The lowest BCUT2D eigenvalue weighted by Gasteiger charge is -2.28. The van der Waals surface area contributed by atoms with Crippen LogP contribution in [0.4, 0.5) is 35.1 Å². The van der Waals surface area contributed by atoms with E-state index in [0.717, 1.165) is 48.2 Å². The molecule has 2 amide bonds. The van der Waals surface area contributed by atoms with Crippen LogP contribution >= 0.6 is 23.5 Å². The van der Waals surface area contributed by atoms with E-state index in [1.54, 1.807) is 26.0 Å². The van der Waals surface area contributed by atoms with Crippen LogP contribution in [0.1, 0.15) is 142 Å². The third kappa shape index (κ3) is 19.0. The van der Waals surface area contributed by atoms with Crippen molar-refractivity contribution in [2.24, 2.45) is 0 Å². The fraction of sp³-hybridized carbons (Fsp3) is 0.370. The van der Waals surface area contributed by atoms with Crippen molar-refractivity contribution in [2.75, 3.05) is 52.2 Å². The second-order valence-corrected chi connectivity index (χ2v) is 22.2. The van der Waals surface area contributed by atoms with E-state index in [1.807, 2.05) is 0 Å². The minimum absolute atomic E-state index is 0.00140. The molecule has 10 rings (SSSR count). The summed E-state index contributed by atoms with van der Waals surface area (Å²) in [6.45, 7) is -10.3. The molecule has 22 heteroatoms. The average Bonchev–Trinajstić information content (AvgIpc) is 1.51. The fourth-order valence-corrected chi connectivity index (χ4v) is 10.8. The Kier molecular flexibility index (Phi) is 14.4. The zero-order chi connectivity index (χ0) is 93.7. The molecule has 6 aromatic carbocycles. The third-order valence-corrected chi connectivity index (χ3v) is 16.1. The van der Waals surface area contributed by atoms with Crippen LogP contribution in [0.5, 0.6) is 0 Å². The van der Waals surface area contributed by atoms with Crippen molar-refractivity contribution in [3.63, 3.8) is 0 Å². The Morgan fingerprint density at radius 2 is 1.04 bits per heavy atom. The van der Waals surface area contributed by atoms with Crippen molar-refractivity contribution in [3.8, 4) is 22.3 Å². The Hall–Kier alpha value is -7.92. The fourth-order valence-electron chi connectivity index (χ4n) is 9.34. The number of rotatable bonds is 26. The Morgan fingerprint density at radius 3 is 1.59 bits per heavy atom. The van der Waals surface area contributed by atoms with Gasteiger partial charge in [-0.25, -0.2) is 8.78 Å². The van der Waals surface area contributed by atoms with Gasteiger partial charge in [0.25, 0.3) is 11.1 Å². The predicted molar refractivity (Wildman–Crippen MR) is 358 cm³/mol. The van der Waals surface area contributed by atoms with Crippen LogP contribution in [0.25, 0.3) is 22.3 Å². The lowest BCUT2D eigenvalue weighted by atomic mass is 9.98. The smallest absolute Gasteiger partial charge is 0.336 e. The van der Waals surface area contributed by atoms with Gasteiger partial charge in [0.1, 0.15) is 24.7 Å². The lowest BCUT2D eigenvalue weighted by molar-refractivity contribution is -0.138. The van der Waals surface area contributed by atoms with E-state index in [-0.39, 0.29) is 84.3 Å². The number of nitrogens with zero attached hydrogens (tertiary/aromatic N) is 8. The molecule has 2 aromatic heterocycles. The molecule has 0 aliphatic heterocycles. The maximum absolute atomic E-state index is 15.0. The Balaban J connectivity index is 0.000000285. The van der Waals surface area contributed by atoms with Gasteiger partial charge in [0.05, 0.1) is 31.7 Å². The number of thioether (sulfide) groups is 2. The van der Waals surface area contributed by atoms with Crippen molar-refractivity contribution in [1.29, 1.82) is 0 Å². The van der Waals surface area contributed by atoms with E-state index in [4.69, 9.17) is 37.0 Å². The molecular formula is C73H78F8N8O4S2. The van der Waals surface area contributed by atoms with E-state index in [2.05, 4.69) is 9.97 Å². The number of fused-ring (bicyclic) bond motifs is 2. The number of carbonyl (C=O) groups is 2. The largest absolute Gasteiger partial charge is 0.416 e. The maximum atomic E-state index is 15.0. The predicted octanol–water partition coefficient (Wildman–Crippen LogP) is 14.7. The Morgan fingerprint density at radius 1 is 0.547 bits per heavy atom. The van der Waals surface area contributed by atoms with Gasteiger partial charge in [0.15, 0.2) is 10.3 Å². The molecule has 0 unspecified atom stereocenters. The summed E-state index contributed by atoms with van der Waals surface area (Å²) < 4.78 is 363. The monoisotopic (exact) mass is 1380 g/mol. The molecule has 502 valence electrons. The van der Waals surface area contributed by atoms with Crippen LogP contribution in [0, 0.1) is 18.6 Å². The summed E-state index contributed by atoms with van der Waals surface area (Å²) in [5.74, 6) is -4.94. The van der Waals surface area contributed by atoms with E-state index in [0.29, 0.717) is 32.6 Å². The zero-order valence-corrected chi connectivity index (χ0v) is 52.9. The summed E-state index contributed by atoms with van der Waals surface area (Å²) >= 11 is 0.187. The van der Waals surface area contributed by atoms with Gasteiger partial charge in [-0.1, -0.05) is 148 Å². The first-order valence-corrected chi connectivity index (χ1v) is 30.9. The number of hydrogen-bond acceptors (Lipinski definition) is 10. The van der Waals surface area contributed by atoms with Crippen LogP contribution < -0.4 is 11.1 Å². The summed E-state index contributed by atoms with van der Waals surface area (Å²) in [4.78, 5) is 66.8. The SMILES string of the molecule is [2H]c1c([2H])c(-c2c([2H])c([2H])c(C(F)(F)F)c(C)c2[2H])c([2H])c([2H])c1CN(C(=O)Cn1c(SC([2H])([2H])c2ccc(F)cc2)nc(=O)c2c1C([2H])([2H])C([2H])([2H])C2([2H])[2H])C([2H])([2H])C([2H])([2H])N(CC)CC.[2H]c1c([2H])c(C([2H])([2H])Sc2nc(=O)c3c(n2CC(=O)N(Cc2ccc(-c4ccc(C(F)(F)F)cc4)cc2)C([2H])([2H])C([2H])([2H])N(CC)CC)CCC3)c([2H])c([2H])c1F. The number of benzene rings is 6. The van der Waals surface area contributed by atoms with Crippen LogP contribution in [0.3, 0.4) is 0 Å². The average molecular weight is 1380 g/mol. The van der Waals surface area contributed by atoms with Crippen molar-refractivity contribution >= 4 is 35.3 Å². The molecule has 0 fully saturated rings. The topological polar surface area (TPSA) is 117 Å². The van der Waals surface area contributed by atoms with Crippen molar-refractivity contribution in [3.05, 3.63) is 233 Å². The Labute approximate surface area is 598 Å². The van der Waals surface area contributed by atoms with Gasteiger partial charge in [-0.05, 0) is 164 Å². The molecule has 0 spiro atoms. The molecule has 0 atom stereocenters. The minimum Gasteiger partial charge on any atom is -0.336 e. The first kappa shape index (κ1) is 41.9. The third-order valence-electron chi connectivity index (χ3n) is 14.4. The number of carbonyl (C=O) groups excluding carboxylic acids is 2. The van der Waals surface area contributed by atoms with E-state index in [1.165, 1.54) is 47.6 Å². The second-order valence-electron chi connectivity index (χ2n) is 20.7. The Bertz CT molecular complexity index is 5520. The number of aromatic nitrogens is 4. The minimum atomic E-state index is -5.21. The molecule has 0 N–H and O–H groups in total. The highest BCUT2D eigenvalue weighted by molar-refractivity contribution is 7.98. The van der Waals surface area contributed by atoms with E-state index >= 15 is 0 Å². The van der Waals surface area contributed by atoms with Gasteiger partial charge in [0.2, 0.25) is 11.8 Å². The summed E-state index contributed by atoms with van der Waals surface area (Å²) in [6.07, 6.45) is -19.4. The molecule has 8 aromatic rings. The molecule has 0 saturated heterocycles. The van der Waals surface area contributed by atoms with E-state index < -0.39 is 257 Å². The van der Waals surface area contributed by atoms with Crippen molar-refractivity contribution in [1.82, 2.24) is 38.7 Å². The molecule has 95 heavy (non-hydrogen) atoms. The molecule has 2 aliphatic rings. The molecule has 2 heterocycles. The lowest BCUT2D eigenvalue weighted by Crippen LogP contribution is -2.40. The summed E-state index contributed by atoms with van der Waals surface area (Å²) in [5, 5.41) is -1.35. The molecule has 0 radical (unpaired) electrons.